The maximum Gasteiger partial charge on any atom is 0.266 e. The van der Waals surface area contributed by atoms with Gasteiger partial charge < -0.3 is 14.4 Å². The topological polar surface area (TPSA) is 134 Å². The summed E-state index contributed by atoms with van der Waals surface area (Å²) in [6.07, 6.45) is 3.64. The van der Waals surface area contributed by atoms with E-state index in [1.54, 1.807) is 21.6 Å². The fourth-order valence-electron chi connectivity index (χ4n) is 4.04. The number of benzene rings is 2. The maximum atomic E-state index is 11.5. The van der Waals surface area contributed by atoms with E-state index in [1.807, 2.05) is 48.7 Å². The van der Waals surface area contributed by atoms with Crippen LogP contribution in [0.5, 0.6) is 0 Å². The molecule has 4 aromatic rings. The summed E-state index contributed by atoms with van der Waals surface area (Å²) >= 11 is 9.01. The Morgan fingerprint density at radius 3 is 2.62 bits per heavy atom. The van der Waals surface area contributed by atoms with Crippen LogP contribution in [0.15, 0.2) is 64.7 Å². The van der Waals surface area contributed by atoms with Crippen molar-refractivity contribution in [2.75, 3.05) is 23.0 Å². The maximum absolute atomic E-state index is 11.5. The zero-order valence-electron chi connectivity index (χ0n) is 19.0. The van der Waals surface area contributed by atoms with Gasteiger partial charge in [0.2, 0.25) is 5.52 Å². The van der Waals surface area contributed by atoms with Crippen LogP contribution in [0.2, 0.25) is 5.02 Å². The van der Waals surface area contributed by atoms with Gasteiger partial charge in [-0.3, -0.25) is 4.55 Å². The molecule has 0 bridgehead atoms. The van der Waals surface area contributed by atoms with Gasteiger partial charge in [0, 0.05) is 40.0 Å². The third-order valence-electron chi connectivity index (χ3n) is 5.72. The van der Waals surface area contributed by atoms with Crippen LogP contribution < -0.4 is 9.47 Å². The van der Waals surface area contributed by atoms with Crippen LogP contribution >= 0.6 is 34.7 Å². The average molecular weight is 598 g/mol. The Hall–Kier alpha value is -2.39. The van der Waals surface area contributed by atoms with E-state index < -0.39 is 31.7 Å². The van der Waals surface area contributed by atoms with Crippen LogP contribution in [0.1, 0.15) is 5.01 Å². The zero-order valence-corrected chi connectivity index (χ0v) is 23.0. The van der Waals surface area contributed by atoms with E-state index in [4.69, 9.17) is 11.6 Å². The molecule has 0 aliphatic carbocycles. The number of halogens is 1. The Balaban J connectivity index is 1.62. The number of thiazole rings is 1. The molecule has 0 unspecified atom stereocenters. The summed E-state index contributed by atoms with van der Waals surface area (Å²) in [7, 11) is -8.69. The summed E-state index contributed by atoms with van der Waals surface area (Å²) in [4.78, 5) is 5.76. The van der Waals surface area contributed by atoms with Crippen molar-refractivity contribution in [3.8, 4) is 11.3 Å². The highest BCUT2D eigenvalue weighted by Gasteiger charge is 2.29. The van der Waals surface area contributed by atoms with Crippen molar-refractivity contribution in [2.45, 2.75) is 11.4 Å². The molecule has 2 aromatic carbocycles. The number of H-pyrrole nitrogens is 1. The molecule has 1 aliphatic heterocycles. The van der Waals surface area contributed by atoms with E-state index in [0.29, 0.717) is 20.7 Å². The second-order valence-corrected chi connectivity index (χ2v) is 13.9. The first-order chi connectivity index (χ1) is 17.5. The van der Waals surface area contributed by atoms with Crippen molar-refractivity contribution in [1.82, 2.24) is 4.98 Å². The smallest absolute Gasteiger partial charge is 0.266 e. The lowest BCUT2D eigenvalue weighted by atomic mass is 10.1. The second kappa shape index (κ2) is 10.1. The molecular formula is C23H20ClN3O6S4. The van der Waals surface area contributed by atoms with E-state index in [1.165, 1.54) is 23.1 Å². The standard InChI is InChI=1S/C23H20ClN3O6S4/c24-16-4-6-21-19(13-16)27(9-11-37(31,32)33)23(35-21)14-22-26(8-10-36(28,29)30)18-12-15(3-5-20(18)34-22)17-2-1-7-25-17/h1-7,12-14,25H,8-11H2,(H-,28,29,30,31,32,33). The lowest BCUT2D eigenvalue weighted by molar-refractivity contribution is -0.664. The van der Waals surface area contributed by atoms with Crippen molar-refractivity contribution in [3.63, 3.8) is 0 Å². The van der Waals surface area contributed by atoms with Crippen LogP contribution in [-0.2, 0) is 26.8 Å². The minimum Gasteiger partial charge on any atom is -0.748 e. The van der Waals surface area contributed by atoms with E-state index in [2.05, 4.69) is 4.98 Å². The van der Waals surface area contributed by atoms with Gasteiger partial charge in [-0.05, 0) is 36.4 Å². The van der Waals surface area contributed by atoms with Crippen molar-refractivity contribution in [2.24, 2.45) is 0 Å². The monoisotopic (exact) mass is 597 g/mol. The van der Waals surface area contributed by atoms with Crippen LogP contribution in [-0.4, -0.2) is 49.0 Å². The first-order valence-electron chi connectivity index (χ1n) is 10.9. The third kappa shape index (κ3) is 6.03. The number of hydrogen-bond acceptors (Lipinski definition) is 8. The number of thioether (sulfide) groups is 1. The molecule has 37 heavy (non-hydrogen) atoms. The molecule has 0 fully saturated rings. The van der Waals surface area contributed by atoms with Crippen LogP contribution in [0.3, 0.4) is 0 Å². The first kappa shape index (κ1) is 26.2. The lowest BCUT2D eigenvalue weighted by Crippen LogP contribution is -2.38. The van der Waals surface area contributed by atoms with E-state index in [-0.39, 0.29) is 13.1 Å². The zero-order chi connectivity index (χ0) is 26.4. The summed E-state index contributed by atoms with van der Waals surface area (Å²) in [5, 5.41) is 1.84. The highest BCUT2D eigenvalue weighted by molar-refractivity contribution is 8.04. The Labute approximate surface area is 226 Å². The minimum atomic E-state index is -4.47. The number of nitrogens with zero attached hydrogens (tertiary/aromatic N) is 2. The molecule has 14 heteroatoms. The Bertz CT molecular complexity index is 1730. The highest BCUT2D eigenvalue weighted by Crippen LogP contribution is 2.47. The molecule has 0 atom stereocenters. The molecule has 0 saturated heterocycles. The van der Waals surface area contributed by atoms with Gasteiger partial charge in [-0.2, -0.15) is 13.0 Å². The molecule has 2 aromatic heterocycles. The third-order valence-corrected chi connectivity index (χ3v) is 9.56. The fraction of sp³-hybridized carbons (Fsp3) is 0.174. The lowest BCUT2D eigenvalue weighted by Gasteiger charge is -2.19. The Kier molecular flexibility index (Phi) is 7.13. The molecule has 0 saturated carbocycles. The van der Waals surface area contributed by atoms with Gasteiger partial charge in [-0.25, -0.2) is 8.42 Å². The molecule has 5 rings (SSSR count). The molecule has 9 nitrogen and oxygen atoms in total. The summed E-state index contributed by atoms with van der Waals surface area (Å²) < 4.78 is 69.5. The number of aromatic amines is 1. The number of hydrogen-bond donors (Lipinski definition) is 2. The fourth-order valence-corrected chi connectivity index (χ4v) is 7.32. The molecule has 0 radical (unpaired) electrons. The molecule has 0 amide bonds. The van der Waals surface area contributed by atoms with E-state index >= 15 is 0 Å². The second-order valence-electron chi connectivity index (χ2n) is 8.25. The molecule has 2 N–H and O–H groups in total. The molecule has 3 heterocycles. The minimum absolute atomic E-state index is 0.0121. The van der Waals surface area contributed by atoms with Gasteiger partial charge in [-0.1, -0.05) is 40.8 Å². The van der Waals surface area contributed by atoms with E-state index in [0.717, 1.165) is 26.4 Å². The summed E-state index contributed by atoms with van der Waals surface area (Å²) in [6.45, 7) is -0.0601. The summed E-state index contributed by atoms with van der Waals surface area (Å²) in [5.41, 5.74) is 3.27. The quantitative estimate of drug-likeness (QED) is 0.228. The Morgan fingerprint density at radius 2 is 1.92 bits per heavy atom. The number of anilines is 1. The van der Waals surface area contributed by atoms with Gasteiger partial charge in [0.15, 0.2) is 6.54 Å². The van der Waals surface area contributed by atoms with Crippen molar-refractivity contribution < 1.29 is 30.5 Å². The van der Waals surface area contributed by atoms with Gasteiger partial charge in [0.05, 0.1) is 28.3 Å². The average Bonchev–Trinajstić information content (AvgIpc) is 3.52. The summed E-state index contributed by atoms with van der Waals surface area (Å²) in [5.74, 6) is -1.07. The van der Waals surface area contributed by atoms with Crippen molar-refractivity contribution in [1.29, 1.82) is 0 Å². The van der Waals surface area contributed by atoms with Crippen molar-refractivity contribution >= 4 is 76.9 Å². The predicted molar refractivity (Wildman–Crippen MR) is 145 cm³/mol. The highest BCUT2D eigenvalue weighted by atomic mass is 35.5. The number of rotatable bonds is 8. The van der Waals surface area contributed by atoms with Gasteiger partial charge in [-0.15, -0.1) is 0 Å². The number of aromatic nitrogens is 2. The Morgan fingerprint density at radius 1 is 1.11 bits per heavy atom. The number of nitrogens with one attached hydrogen (secondary N) is 1. The molecule has 1 aliphatic rings. The van der Waals surface area contributed by atoms with Gasteiger partial charge in [0.25, 0.3) is 15.1 Å². The SMILES string of the molecule is O=S(=O)([O-])CC[n+]1c(/C=C2/Sc3ccc(Cl)cc3N2CCS(=O)(=O)O)sc2ccc(-c3ccc[nH]3)cc21. The van der Waals surface area contributed by atoms with Gasteiger partial charge >= 0.3 is 0 Å². The predicted octanol–water partition coefficient (Wildman–Crippen LogP) is 4.18. The number of aryl methyl sites for hydroxylation is 1. The number of fused-ring (bicyclic) bond motifs is 2. The summed E-state index contributed by atoms with van der Waals surface area (Å²) in [6, 6.07) is 14.9. The van der Waals surface area contributed by atoms with Crippen LogP contribution in [0.4, 0.5) is 5.69 Å². The normalized spacial score (nSPS) is 15.1. The molecular weight excluding hydrogens is 578 g/mol. The van der Waals surface area contributed by atoms with Gasteiger partial charge in [0.1, 0.15) is 14.8 Å². The molecule has 0 spiro atoms. The van der Waals surface area contributed by atoms with Crippen LogP contribution in [0.25, 0.3) is 27.6 Å². The van der Waals surface area contributed by atoms with E-state index in [9.17, 15) is 25.9 Å². The molecule has 194 valence electrons. The van der Waals surface area contributed by atoms with Crippen molar-refractivity contribution in [3.05, 3.63) is 69.8 Å². The van der Waals surface area contributed by atoms with Crippen LogP contribution in [0, 0.1) is 0 Å². The largest absolute Gasteiger partial charge is 0.748 e. The first-order valence-corrected chi connectivity index (χ1v) is 16.1.